The molecule has 1 aromatic carbocycles. The lowest BCUT2D eigenvalue weighted by Gasteiger charge is -2.23. The predicted octanol–water partition coefficient (Wildman–Crippen LogP) is 1.33. The summed E-state index contributed by atoms with van der Waals surface area (Å²) in [6.45, 7) is 5.49. The van der Waals surface area contributed by atoms with Crippen LogP contribution in [0.3, 0.4) is 0 Å². The number of hydrogen-bond donors (Lipinski definition) is 2. The van der Waals surface area contributed by atoms with Gasteiger partial charge in [0.1, 0.15) is 0 Å². The molecule has 0 saturated carbocycles. The van der Waals surface area contributed by atoms with Crippen LogP contribution >= 0.6 is 0 Å². The van der Waals surface area contributed by atoms with Gasteiger partial charge in [0.2, 0.25) is 15.9 Å². The van der Waals surface area contributed by atoms with Crippen molar-refractivity contribution in [3.63, 3.8) is 0 Å². The van der Waals surface area contributed by atoms with Gasteiger partial charge in [0.15, 0.2) is 0 Å². The van der Waals surface area contributed by atoms with E-state index in [2.05, 4.69) is 5.32 Å². The summed E-state index contributed by atoms with van der Waals surface area (Å²) in [7, 11) is -2.14. The van der Waals surface area contributed by atoms with E-state index >= 15 is 0 Å². The molecule has 7 heteroatoms. The van der Waals surface area contributed by atoms with Crippen molar-refractivity contribution < 1.29 is 17.9 Å². The molecule has 0 radical (unpaired) electrons. The molecule has 0 aromatic heterocycles. The second-order valence-corrected chi connectivity index (χ2v) is 7.11. The molecule has 21 heavy (non-hydrogen) atoms. The van der Waals surface area contributed by atoms with E-state index in [0.717, 1.165) is 5.56 Å². The van der Waals surface area contributed by atoms with Crippen molar-refractivity contribution in [2.75, 3.05) is 7.11 Å². The lowest BCUT2D eigenvalue weighted by Crippen LogP contribution is -2.35. The predicted molar refractivity (Wildman–Crippen MR) is 80.1 cm³/mol. The highest BCUT2D eigenvalue weighted by atomic mass is 32.2. The van der Waals surface area contributed by atoms with E-state index in [1.54, 1.807) is 19.2 Å². The first kappa shape index (κ1) is 17.6. The Morgan fingerprint density at radius 1 is 1.33 bits per heavy atom. The van der Waals surface area contributed by atoms with E-state index in [4.69, 9.17) is 9.88 Å². The number of nitrogens with one attached hydrogen (secondary N) is 1. The van der Waals surface area contributed by atoms with Gasteiger partial charge in [-0.15, -0.1) is 0 Å². The lowest BCUT2D eigenvalue weighted by molar-refractivity contribution is -0.126. The van der Waals surface area contributed by atoms with Gasteiger partial charge in [0, 0.05) is 7.11 Å². The molecule has 1 amide bonds. The number of primary sulfonamides is 1. The fourth-order valence-corrected chi connectivity index (χ4v) is 2.30. The van der Waals surface area contributed by atoms with Gasteiger partial charge in [-0.3, -0.25) is 4.79 Å². The molecule has 1 rings (SSSR count). The second-order valence-electron chi connectivity index (χ2n) is 5.54. The molecule has 0 aliphatic rings. The van der Waals surface area contributed by atoms with Crippen LogP contribution in [-0.2, 0) is 19.6 Å². The van der Waals surface area contributed by atoms with Crippen molar-refractivity contribution in [3.05, 3.63) is 29.8 Å². The highest BCUT2D eigenvalue weighted by molar-refractivity contribution is 7.89. The number of carbonyl (C=O) groups is 1. The number of amides is 1. The third-order valence-corrected chi connectivity index (χ3v) is 4.15. The van der Waals surface area contributed by atoms with Gasteiger partial charge in [-0.1, -0.05) is 12.1 Å². The normalized spacial score (nSPS) is 13.8. The second kappa shape index (κ2) is 6.55. The zero-order chi connectivity index (χ0) is 16.3. The fourth-order valence-electron chi connectivity index (χ4n) is 1.78. The standard InChI is InChI=1S/C14H22N2O4S/c1-10(16-13(17)9-14(2,3)20-4)11-5-7-12(8-6-11)21(15,18)19/h5-8,10H,9H2,1-4H3,(H,16,17)(H2,15,18,19). The van der Waals surface area contributed by atoms with Crippen LogP contribution in [0.25, 0.3) is 0 Å². The third-order valence-electron chi connectivity index (χ3n) is 3.22. The molecule has 0 heterocycles. The highest BCUT2D eigenvalue weighted by Gasteiger charge is 2.22. The van der Waals surface area contributed by atoms with E-state index in [9.17, 15) is 13.2 Å². The summed E-state index contributed by atoms with van der Waals surface area (Å²) in [6, 6.07) is 5.87. The van der Waals surface area contributed by atoms with Crippen LogP contribution in [0.15, 0.2) is 29.2 Å². The van der Waals surface area contributed by atoms with Crippen molar-refractivity contribution in [2.45, 2.75) is 43.7 Å². The SMILES string of the molecule is COC(C)(C)CC(=O)NC(C)c1ccc(S(N)(=O)=O)cc1. The van der Waals surface area contributed by atoms with E-state index in [1.165, 1.54) is 12.1 Å². The van der Waals surface area contributed by atoms with Crippen molar-refractivity contribution in [2.24, 2.45) is 5.14 Å². The van der Waals surface area contributed by atoms with E-state index in [1.807, 2.05) is 20.8 Å². The Labute approximate surface area is 125 Å². The molecule has 0 aliphatic carbocycles. The van der Waals surface area contributed by atoms with Gasteiger partial charge in [0.05, 0.1) is 23.0 Å². The summed E-state index contributed by atoms with van der Waals surface area (Å²) < 4.78 is 27.6. The van der Waals surface area contributed by atoms with Crippen LogP contribution in [0.4, 0.5) is 0 Å². The van der Waals surface area contributed by atoms with Crippen LogP contribution < -0.4 is 10.5 Å². The Hall–Kier alpha value is -1.44. The largest absolute Gasteiger partial charge is 0.378 e. The molecule has 0 aliphatic heterocycles. The zero-order valence-corrected chi connectivity index (χ0v) is 13.5. The van der Waals surface area contributed by atoms with Crippen LogP contribution in [0.1, 0.15) is 38.8 Å². The Morgan fingerprint density at radius 2 is 1.86 bits per heavy atom. The van der Waals surface area contributed by atoms with Crippen molar-refractivity contribution in [3.8, 4) is 0 Å². The number of sulfonamides is 1. The molecule has 118 valence electrons. The Bertz CT molecular complexity index is 594. The molecule has 6 nitrogen and oxygen atoms in total. The van der Waals surface area contributed by atoms with E-state index in [-0.39, 0.29) is 23.3 Å². The average molecular weight is 314 g/mol. The van der Waals surface area contributed by atoms with Gasteiger partial charge in [-0.2, -0.15) is 0 Å². The summed E-state index contributed by atoms with van der Waals surface area (Å²) in [4.78, 5) is 12.0. The number of carbonyl (C=O) groups excluding carboxylic acids is 1. The van der Waals surface area contributed by atoms with Crippen LogP contribution in [-0.4, -0.2) is 27.0 Å². The maximum absolute atomic E-state index is 11.9. The number of hydrogen-bond acceptors (Lipinski definition) is 4. The first-order valence-electron chi connectivity index (χ1n) is 6.52. The number of ether oxygens (including phenoxy) is 1. The van der Waals surface area contributed by atoms with Crippen molar-refractivity contribution in [1.29, 1.82) is 0 Å². The van der Waals surface area contributed by atoms with Gasteiger partial charge in [-0.25, -0.2) is 13.6 Å². The van der Waals surface area contributed by atoms with Gasteiger partial charge >= 0.3 is 0 Å². The third kappa shape index (κ3) is 5.45. The van der Waals surface area contributed by atoms with Crippen molar-refractivity contribution in [1.82, 2.24) is 5.32 Å². The van der Waals surface area contributed by atoms with E-state index in [0.29, 0.717) is 0 Å². The molecule has 0 bridgehead atoms. The number of methoxy groups -OCH3 is 1. The van der Waals surface area contributed by atoms with Gasteiger partial charge in [0.25, 0.3) is 0 Å². The van der Waals surface area contributed by atoms with Crippen LogP contribution in [0, 0.1) is 0 Å². The molecule has 0 spiro atoms. The minimum atomic E-state index is -3.70. The lowest BCUT2D eigenvalue weighted by atomic mass is 10.0. The summed E-state index contributed by atoms with van der Waals surface area (Å²) >= 11 is 0. The molecule has 3 N–H and O–H groups in total. The first-order chi connectivity index (χ1) is 9.55. The van der Waals surface area contributed by atoms with Crippen LogP contribution in [0.5, 0.6) is 0 Å². The van der Waals surface area contributed by atoms with E-state index < -0.39 is 15.6 Å². The topological polar surface area (TPSA) is 98.5 Å². The molecule has 1 aromatic rings. The van der Waals surface area contributed by atoms with Gasteiger partial charge in [-0.05, 0) is 38.5 Å². The monoisotopic (exact) mass is 314 g/mol. The molecule has 1 atom stereocenters. The molecular weight excluding hydrogens is 292 g/mol. The zero-order valence-electron chi connectivity index (χ0n) is 12.7. The Balaban J connectivity index is 2.72. The summed E-state index contributed by atoms with van der Waals surface area (Å²) in [5.41, 5.74) is 0.271. The summed E-state index contributed by atoms with van der Waals surface area (Å²) in [5.74, 6) is -0.134. The first-order valence-corrected chi connectivity index (χ1v) is 8.07. The Morgan fingerprint density at radius 3 is 2.29 bits per heavy atom. The molecule has 0 fully saturated rings. The van der Waals surface area contributed by atoms with Crippen LogP contribution in [0.2, 0.25) is 0 Å². The number of benzene rings is 1. The average Bonchev–Trinajstić information content (AvgIpc) is 2.37. The van der Waals surface area contributed by atoms with Crippen molar-refractivity contribution >= 4 is 15.9 Å². The minimum absolute atomic E-state index is 0.0466. The van der Waals surface area contributed by atoms with Gasteiger partial charge < -0.3 is 10.1 Å². The minimum Gasteiger partial charge on any atom is -0.378 e. The Kier molecular flexibility index (Phi) is 5.49. The summed E-state index contributed by atoms with van der Waals surface area (Å²) in [6.07, 6.45) is 0.239. The molecule has 1 unspecified atom stereocenters. The number of rotatable bonds is 6. The molecular formula is C14H22N2O4S. The fraction of sp³-hybridized carbons (Fsp3) is 0.500. The highest BCUT2D eigenvalue weighted by Crippen LogP contribution is 2.17. The quantitative estimate of drug-likeness (QED) is 0.827. The maximum atomic E-state index is 11.9. The maximum Gasteiger partial charge on any atom is 0.238 e. The summed E-state index contributed by atoms with van der Waals surface area (Å²) in [5, 5.41) is 7.88. The number of nitrogens with two attached hydrogens (primary N) is 1. The molecule has 0 saturated heterocycles. The smallest absolute Gasteiger partial charge is 0.238 e.